The normalized spacial score (nSPS) is 25.6. The van der Waals surface area contributed by atoms with Crippen LogP contribution in [0, 0.1) is 5.92 Å². The third-order valence-corrected chi connectivity index (χ3v) is 5.48. The van der Waals surface area contributed by atoms with Crippen LogP contribution in [0.5, 0.6) is 0 Å². The van der Waals surface area contributed by atoms with E-state index >= 15 is 0 Å². The van der Waals surface area contributed by atoms with Crippen LogP contribution in [0.25, 0.3) is 0 Å². The van der Waals surface area contributed by atoms with Crippen LogP contribution in [-0.2, 0) is 12.7 Å². The van der Waals surface area contributed by atoms with E-state index in [0.717, 1.165) is 30.7 Å². The molecule has 1 aromatic carbocycles. The average molecular weight is 395 g/mol. The van der Waals surface area contributed by atoms with Crippen molar-refractivity contribution in [3.63, 3.8) is 0 Å². The molecule has 1 aromatic heterocycles. The lowest BCUT2D eigenvalue weighted by atomic mass is 9.85. The number of aromatic nitrogens is 2. The summed E-state index contributed by atoms with van der Waals surface area (Å²) in [6, 6.07) is 5.31. The molecule has 3 heterocycles. The van der Waals surface area contributed by atoms with Crippen LogP contribution in [0.4, 0.5) is 13.2 Å². The number of hydrogen-bond donors (Lipinski definition) is 4. The molecule has 3 atom stereocenters. The second-order valence-corrected chi connectivity index (χ2v) is 7.28. The highest BCUT2D eigenvalue weighted by Gasteiger charge is 2.40. The summed E-state index contributed by atoms with van der Waals surface area (Å²) in [5, 5.41) is 0. The Morgan fingerprint density at radius 2 is 1.86 bits per heavy atom. The molecule has 2 saturated heterocycles. The molecule has 2 aliphatic heterocycles. The Kier molecular flexibility index (Phi) is 4.86. The first-order valence-electron chi connectivity index (χ1n) is 9.03. The second kappa shape index (κ2) is 7.19. The molecule has 0 aliphatic carbocycles. The zero-order valence-electron chi connectivity index (χ0n) is 14.8. The molecule has 2 aliphatic rings. The molecule has 0 saturated carbocycles. The molecule has 2 fully saturated rings. The fourth-order valence-corrected chi connectivity index (χ4v) is 4.02. The van der Waals surface area contributed by atoms with Crippen LogP contribution in [0.3, 0.4) is 0 Å². The second-order valence-electron chi connectivity index (χ2n) is 7.28. The Balaban J connectivity index is 1.49. The van der Waals surface area contributed by atoms with Crippen molar-refractivity contribution < 1.29 is 13.2 Å². The highest BCUT2D eigenvalue weighted by atomic mass is 19.4. The fraction of sp³-hybridized carbons (Fsp3) is 0.444. The fourth-order valence-electron chi connectivity index (χ4n) is 4.02. The maximum absolute atomic E-state index is 12.8. The summed E-state index contributed by atoms with van der Waals surface area (Å²) in [5.74, 6) is 0.146. The van der Waals surface area contributed by atoms with Gasteiger partial charge in [0.25, 0.3) is 5.56 Å². The predicted molar refractivity (Wildman–Crippen MR) is 95.3 cm³/mol. The number of piperidine rings is 1. The molecule has 7 nitrogen and oxygen atoms in total. The van der Waals surface area contributed by atoms with Crippen LogP contribution >= 0.6 is 0 Å². The standard InChI is InChI=1S/C18H20F3N5O2/c19-18(20,21)12-3-1-10(2-4-12)15-13-9-26(6-5-14(13)24-25-15)8-11-7-22-17(28)23-16(11)27/h1-4,7,13-15,24-25H,5-6,8-9H2,(H2,22,23,27,28). The number of H-pyrrole nitrogens is 2. The van der Waals surface area contributed by atoms with Gasteiger partial charge in [-0.05, 0) is 24.1 Å². The highest BCUT2D eigenvalue weighted by molar-refractivity contribution is 5.28. The van der Waals surface area contributed by atoms with Gasteiger partial charge >= 0.3 is 11.9 Å². The molecule has 2 aromatic rings. The van der Waals surface area contributed by atoms with Crippen LogP contribution < -0.4 is 22.1 Å². The van der Waals surface area contributed by atoms with Crippen molar-refractivity contribution in [2.45, 2.75) is 31.2 Å². The SMILES string of the molecule is O=c1[nH]cc(CN2CCC3NNC(c4ccc(C(F)(F)F)cc4)C3C2)c(=O)[nH]1. The zero-order chi connectivity index (χ0) is 19.9. The number of alkyl halides is 3. The van der Waals surface area contributed by atoms with Gasteiger partial charge in [0.1, 0.15) is 0 Å². The Morgan fingerprint density at radius 3 is 2.54 bits per heavy atom. The first-order valence-corrected chi connectivity index (χ1v) is 9.03. The third kappa shape index (κ3) is 3.75. The first-order chi connectivity index (χ1) is 13.3. The van der Waals surface area contributed by atoms with Crippen molar-refractivity contribution in [2.75, 3.05) is 13.1 Å². The average Bonchev–Trinajstić information content (AvgIpc) is 3.07. The number of hydrazine groups is 1. The van der Waals surface area contributed by atoms with Crippen LogP contribution in [0.15, 0.2) is 40.1 Å². The van der Waals surface area contributed by atoms with E-state index in [4.69, 9.17) is 0 Å². The Morgan fingerprint density at radius 1 is 1.11 bits per heavy atom. The van der Waals surface area contributed by atoms with E-state index < -0.39 is 23.0 Å². The minimum absolute atomic E-state index is 0.121. The van der Waals surface area contributed by atoms with Crippen molar-refractivity contribution in [2.24, 2.45) is 5.92 Å². The number of nitrogens with one attached hydrogen (secondary N) is 4. The van der Waals surface area contributed by atoms with E-state index in [-0.39, 0.29) is 18.0 Å². The molecule has 10 heteroatoms. The van der Waals surface area contributed by atoms with E-state index in [1.165, 1.54) is 18.3 Å². The number of benzene rings is 1. The molecule has 0 bridgehead atoms. The Bertz CT molecular complexity index is 953. The Hall–Kier alpha value is -2.43. The van der Waals surface area contributed by atoms with E-state index in [2.05, 4.69) is 25.7 Å². The van der Waals surface area contributed by atoms with Crippen LogP contribution in [-0.4, -0.2) is 34.0 Å². The topological polar surface area (TPSA) is 93.0 Å². The molecule has 150 valence electrons. The molecular weight excluding hydrogens is 375 g/mol. The number of halogens is 3. The summed E-state index contributed by atoms with van der Waals surface area (Å²) in [5.41, 5.74) is 6.09. The van der Waals surface area contributed by atoms with E-state index in [1.807, 2.05) is 0 Å². The van der Waals surface area contributed by atoms with Crippen LogP contribution in [0.2, 0.25) is 0 Å². The summed E-state index contributed by atoms with van der Waals surface area (Å²) >= 11 is 0. The van der Waals surface area contributed by atoms with Gasteiger partial charge in [0.05, 0.1) is 11.6 Å². The lowest BCUT2D eigenvalue weighted by Crippen LogP contribution is -2.45. The van der Waals surface area contributed by atoms with Gasteiger partial charge in [0.15, 0.2) is 0 Å². The summed E-state index contributed by atoms with van der Waals surface area (Å²) < 4.78 is 38.4. The van der Waals surface area contributed by atoms with E-state index in [0.29, 0.717) is 18.7 Å². The van der Waals surface area contributed by atoms with E-state index in [1.54, 1.807) is 0 Å². The molecular formula is C18H20F3N5O2. The van der Waals surface area contributed by atoms with Crippen molar-refractivity contribution in [1.29, 1.82) is 0 Å². The highest BCUT2D eigenvalue weighted by Crippen LogP contribution is 2.35. The molecule has 4 rings (SSSR count). The van der Waals surface area contributed by atoms with Crippen molar-refractivity contribution in [3.8, 4) is 0 Å². The lowest BCUT2D eigenvalue weighted by Gasteiger charge is -2.36. The van der Waals surface area contributed by atoms with Gasteiger partial charge in [0.2, 0.25) is 0 Å². The van der Waals surface area contributed by atoms with Gasteiger partial charge in [-0.15, -0.1) is 0 Å². The number of nitrogens with zero attached hydrogens (tertiary/aromatic N) is 1. The number of likely N-dealkylation sites (tertiary alicyclic amines) is 1. The Labute approximate surface area is 157 Å². The number of fused-ring (bicyclic) bond motifs is 1. The summed E-state index contributed by atoms with van der Waals surface area (Å²) in [6.07, 6.45) is -2.09. The minimum atomic E-state index is -4.35. The van der Waals surface area contributed by atoms with Crippen molar-refractivity contribution in [3.05, 3.63) is 68.0 Å². The largest absolute Gasteiger partial charge is 0.416 e. The first kappa shape index (κ1) is 18.9. The van der Waals surface area contributed by atoms with E-state index in [9.17, 15) is 22.8 Å². The van der Waals surface area contributed by atoms with Crippen molar-refractivity contribution >= 4 is 0 Å². The smallest absolute Gasteiger partial charge is 0.314 e. The number of hydrogen-bond acceptors (Lipinski definition) is 5. The molecule has 3 unspecified atom stereocenters. The number of aromatic amines is 2. The maximum Gasteiger partial charge on any atom is 0.416 e. The quantitative estimate of drug-likeness (QED) is 0.625. The molecule has 0 radical (unpaired) electrons. The lowest BCUT2D eigenvalue weighted by molar-refractivity contribution is -0.137. The summed E-state index contributed by atoms with van der Waals surface area (Å²) in [6.45, 7) is 1.85. The van der Waals surface area contributed by atoms with Crippen LogP contribution in [0.1, 0.15) is 29.2 Å². The monoisotopic (exact) mass is 395 g/mol. The molecule has 28 heavy (non-hydrogen) atoms. The van der Waals surface area contributed by atoms with Gasteiger partial charge in [-0.3, -0.25) is 20.1 Å². The van der Waals surface area contributed by atoms with Gasteiger partial charge in [0, 0.05) is 43.4 Å². The zero-order valence-corrected chi connectivity index (χ0v) is 14.8. The van der Waals surface area contributed by atoms with Gasteiger partial charge < -0.3 is 4.98 Å². The van der Waals surface area contributed by atoms with Gasteiger partial charge in [-0.25, -0.2) is 10.2 Å². The summed E-state index contributed by atoms with van der Waals surface area (Å²) in [4.78, 5) is 29.9. The van der Waals surface area contributed by atoms with Gasteiger partial charge in [-0.1, -0.05) is 12.1 Å². The molecule has 4 N–H and O–H groups in total. The predicted octanol–water partition coefficient (Wildman–Crippen LogP) is 1.12. The minimum Gasteiger partial charge on any atom is -0.314 e. The number of rotatable bonds is 3. The van der Waals surface area contributed by atoms with Gasteiger partial charge in [-0.2, -0.15) is 13.2 Å². The molecule has 0 amide bonds. The van der Waals surface area contributed by atoms with Crippen molar-refractivity contribution in [1.82, 2.24) is 25.7 Å². The molecule has 0 spiro atoms. The third-order valence-electron chi connectivity index (χ3n) is 5.48. The maximum atomic E-state index is 12.8. The summed E-state index contributed by atoms with van der Waals surface area (Å²) in [7, 11) is 0.